The van der Waals surface area contributed by atoms with Gasteiger partial charge in [-0.25, -0.2) is 4.68 Å². The molecule has 0 unspecified atom stereocenters. The third-order valence-electron chi connectivity index (χ3n) is 3.67. The number of hydrogen-bond acceptors (Lipinski definition) is 6. The molecular formula is C17H15N5O5. The van der Waals surface area contributed by atoms with E-state index < -0.39 is 17.7 Å². The first-order valence-electron chi connectivity index (χ1n) is 7.84. The average molecular weight is 369 g/mol. The minimum Gasteiger partial charge on any atom is -0.467 e. The number of fused-ring (bicyclic) bond motifs is 1. The molecule has 3 rings (SSSR count). The molecule has 0 aliphatic carbocycles. The smallest absolute Gasteiger partial charge is 0.327 e. The molecule has 0 saturated carbocycles. The first-order valence-corrected chi connectivity index (χ1v) is 7.84. The summed E-state index contributed by atoms with van der Waals surface area (Å²) in [6.45, 7) is 0.0280. The number of amides is 3. The van der Waals surface area contributed by atoms with Crippen LogP contribution in [-0.2, 0) is 23.2 Å². The van der Waals surface area contributed by atoms with Crippen LogP contribution in [0.4, 0.5) is 0 Å². The number of nitrogens with zero attached hydrogens (tertiary/aromatic N) is 2. The zero-order chi connectivity index (χ0) is 19.4. The van der Waals surface area contributed by atoms with Gasteiger partial charge in [0.05, 0.1) is 18.2 Å². The van der Waals surface area contributed by atoms with E-state index in [2.05, 4.69) is 15.8 Å². The van der Waals surface area contributed by atoms with Crippen molar-refractivity contribution in [2.75, 3.05) is 0 Å². The second kappa shape index (κ2) is 7.52. The number of carbonyl (C=O) groups is 3. The maximum atomic E-state index is 12.3. The van der Waals surface area contributed by atoms with Gasteiger partial charge in [0, 0.05) is 12.4 Å². The molecule has 2 heterocycles. The van der Waals surface area contributed by atoms with Crippen molar-refractivity contribution in [1.29, 1.82) is 0 Å². The fourth-order valence-corrected chi connectivity index (χ4v) is 2.36. The Balaban J connectivity index is 1.66. The van der Waals surface area contributed by atoms with Gasteiger partial charge in [0.25, 0.3) is 11.5 Å². The highest BCUT2D eigenvalue weighted by Gasteiger charge is 2.18. The van der Waals surface area contributed by atoms with Crippen LogP contribution in [0.3, 0.4) is 0 Å². The van der Waals surface area contributed by atoms with Gasteiger partial charge in [0.2, 0.25) is 0 Å². The van der Waals surface area contributed by atoms with E-state index in [9.17, 15) is 19.2 Å². The summed E-state index contributed by atoms with van der Waals surface area (Å²) in [5, 5.41) is 6.90. The van der Waals surface area contributed by atoms with Crippen LogP contribution >= 0.6 is 0 Å². The van der Waals surface area contributed by atoms with Gasteiger partial charge in [-0.2, -0.15) is 5.10 Å². The summed E-state index contributed by atoms with van der Waals surface area (Å²) in [5.41, 5.74) is 3.69. The fraction of sp³-hybridized carbons (Fsp3) is 0.118. The Hall–Kier alpha value is -3.95. The number of hydrazine groups is 1. The first-order chi connectivity index (χ1) is 13.0. The van der Waals surface area contributed by atoms with Crippen molar-refractivity contribution in [3.63, 3.8) is 0 Å². The molecular weight excluding hydrogens is 354 g/mol. The zero-order valence-corrected chi connectivity index (χ0v) is 14.2. The van der Waals surface area contributed by atoms with Gasteiger partial charge >= 0.3 is 11.8 Å². The average Bonchev–Trinajstić information content (AvgIpc) is 3.20. The van der Waals surface area contributed by atoms with Gasteiger partial charge in [0.1, 0.15) is 5.76 Å². The van der Waals surface area contributed by atoms with Crippen LogP contribution < -0.4 is 21.7 Å². The lowest BCUT2D eigenvalue weighted by atomic mass is 10.1. The highest BCUT2D eigenvalue weighted by molar-refractivity contribution is 6.35. The van der Waals surface area contributed by atoms with Crippen molar-refractivity contribution in [2.45, 2.75) is 6.54 Å². The van der Waals surface area contributed by atoms with Crippen LogP contribution in [0, 0.1) is 0 Å². The zero-order valence-electron chi connectivity index (χ0n) is 14.2. The molecule has 3 N–H and O–H groups in total. The van der Waals surface area contributed by atoms with E-state index in [1.165, 1.54) is 13.3 Å². The lowest BCUT2D eigenvalue weighted by Crippen LogP contribution is -2.48. The van der Waals surface area contributed by atoms with Gasteiger partial charge in [-0.1, -0.05) is 18.2 Å². The van der Waals surface area contributed by atoms with Gasteiger partial charge in [0.15, 0.2) is 5.69 Å². The van der Waals surface area contributed by atoms with Crippen LogP contribution in [0.2, 0.25) is 0 Å². The predicted octanol–water partition coefficient (Wildman–Crippen LogP) is -0.396. The molecule has 2 aromatic heterocycles. The Bertz CT molecular complexity index is 1070. The molecule has 0 aliphatic rings. The largest absolute Gasteiger partial charge is 0.467 e. The predicted molar refractivity (Wildman–Crippen MR) is 93.1 cm³/mol. The molecule has 138 valence electrons. The molecule has 1 aromatic carbocycles. The van der Waals surface area contributed by atoms with Crippen LogP contribution in [0.1, 0.15) is 16.2 Å². The second-order valence-corrected chi connectivity index (χ2v) is 5.49. The Morgan fingerprint density at radius 3 is 2.48 bits per heavy atom. The normalized spacial score (nSPS) is 10.4. The summed E-state index contributed by atoms with van der Waals surface area (Å²) in [6, 6.07) is 9.73. The Kier molecular flexibility index (Phi) is 4.97. The lowest BCUT2D eigenvalue weighted by molar-refractivity contribution is -0.139. The SMILES string of the molecule is Cn1nc(C(=O)NNC(=O)C(=O)NCc2ccco2)c2ccccc2c1=O. The summed E-state index contributed by atoms with van der Waals surface area (Å²) >= 11 is 0. The van der Waals surface area contributed by atoms with E-state index in [1.807, 2.05) is 5.43 Å². The minimum absolute atomic E-state index is 0.0280. The number of aromatic nitrogens is 2. The number of benzene rings is 1. The standard InChI is InChI=1S/C17H15N5O5/c1-22-17(26)12-7-3-2-6-11(12)13(21-22)14(23)19-20-16(25)15(24)18-9-10-5-4-8-27-10/h2-8H,9H2,1H3,(H,18,24)(H,19,23)(H,20,25). The minimum atomic E-state index is -1.07. The molecule has 0 fully saturated rings. The number of furan rings is 1. The molecule has 0 aliphatic heterocycles. The van der Waals surface area contributed by atoms with Gasteiger partial charge in [-0.05, 0) is 18.2 Å². The number of aryl methyl sites for hydroxylation is 1. The topological polar surface area (TPSA) is 135 Å². The summed E-state index contributed by atoms with van der Waals surface area (Å²) in [6.07, 6.45) is 1.44. The van der Waals surface area contributed by atoms with E-state index in [1.54, 1.807) is 36.4 Å². The highest BCUT2D eigenvalue weighted by atomic mass is 16.3. The Morgan fingerprint density at radius 1 is 1.04 bits per heavy atom. The number of rotatable bonds is 3. The molecule has 27 heavy (non-hydrogen) atoms. The first kappa shape index (κ1) is 17.9. The number of nitrogens with one attached hydrogen (secondary N) is 3. The third kappa shape index (κ3) is 3.84. The molecule has 10 heteroatoms. The molecule has 0 spiro atoms. The maximum absolute atomic E-state index is 12.3. The monoisotopic (exact) mass is 369 g/mol. The van der Waals surface area contributed by atoms with Crippen LogP contribution in [0.15, 0.2) is 51.9 Å². The lowest BCUT2D eigenvalue weighted by Gasteiger charge is -2.09. The van der Waals surface area contributed by atoms with E-state index in [4.69, 9.17) is 4.42 Å². The summed E-state index contributed by atoms with van der Waals surface area (Å²) in [7, 11) is 1.41. The van der Waals surface area contributed by atoms with E-state index in [-0.39, 0.29) is 17.8 Å². The Morgan fingerprint density at radius 2 is 1.78 bits per heavy atom. The van der Waals surface area contributed by atoms with Crippen LogP contribution in [-0.4, -0.2) is 27.5 Å². The van der Waals surface area contributed by atoms with E-state index in [0.717, 1.165) is 4.68 Å². The van der Waals surface area contributed by atoms with Crippen molar-refractivity contribution >= 4 is 28.5 Å². The summed E-state index contributed by atoms with van der Waals surface area (Å²) in [4.78, 5) is 47.9. The molecule has 0 saturated heterocycles. The van der Waals surface area contributed by atoms with Crippen LogP contribution in [0.25, 0.3) is 10.8 Å². The molecule has 3 aromatic rings. The van der Waals surface area contributed by atoms with Gasteiger partial charge in [-0.15, -0.1) is 0 Å². The second-order valence-electron chi connectivity index (χ2n) is 5.49. The van der Waals surface area contributed by atoms with Crippen LogP contribution in [0.5, 0.6) is 0 Å². The van der Waals surface area contributed by atoms with Crippen molar-refractivity contribution in [3.8, 4) is 0 Å². The van der Waals surface area contributed by atoms with E-state index in [0.29, 0.717) is 16.5 Å². The molecule has 0 atom stereocenters. The van der Waals surface area contributed by atoms with E-state index >= 15 is 0 Å². The fourth-order valence-electron chi connectivity index (χ4n) is 2.36. The Labute approximate surface area is 152 Å². The van der Waals surface area contributed by atoms with Crippen molar-refractivity contribution in [2.24, 2.45) is 7.05 Å². The van der Waals surface area contributed by atoms with Gasteiger partial charge in [-0.3, -0.25) is 30.0 Å². The molecule has 0 radical (unpaired) electrons. The van der Waals surface area contributed by atoms with Gasteiger partial charge < -0.3 is 9.73 Å². The molecule has 10 nitrogen and oxygen atoms in total. The third-order valence-corrected chi connectivity index (χ3v) is 3.67. The molecule has 3 amide bonds. The molecule has 0 bridgehead atoms. The van der Waals surface area contributed by atoms with Crippen molar-refractivity contribution in [1.82, 2.24) is 25.9 Å². The maximum Gasteiger partial charge on any atom is 0.327 e. The summed E-state index contributed by atoms with van der Waals surface area (Å²) < 4.78 is 6.05. The highest BCUT2D eigenvalue weighted by Crippen LogP contribution is 2.12. The number of hydrogen-bond donors (Lipinski definition) is 3. The quantitative estimate of drug-likeness (QED) is 0.425. The van der Waals surface area contributed by atoms with Crippen molar-refractivity contribution in [3.05, 3.63) is 64.5 Å². The number of carbonyl (C=O) groups excluding carboxylic acids is 3. The van der Waals surface area contributed by atoms with Crippen molar-refractivity contribution < 1.29 is 18.8 Å². The summed E-state index contributed by atoms with van der Waals surface area (Å²) in [5.74, 6) is -2.32.